The van der Waals surface area contributed by atoms with Crippen molar-refractivity contribution in [2.75, 3.05) is 6.54 Å². The van der Waals surface area contributed by atoms with Crippen LogP contribution in [0, 0.1) is 0 Å². The summed E-state index contributed by atoms with van der Waals surface area (Å²) in [5, 5.41) is 0. The largest absolute Gasteiger partial charge is 0.368 e. The van der Waals surface area contributed by atoms with Crippen molar-refractivity contribution in [3.05, 3.63) is 20.8 Å². The molecule has 4 nitrogen and oxygen atoms in total. The number of carbonyl (C=O) groups excluding carboxylic acids is 1. The third-order valence-electron chi connectivity index (χ3n) is 3.61. The number of hydrogen-bond donors (Lipinski definition) is 2. The average molecular weight is 346 g/mol. The summed E-state index contributed by atoms with van der Waals surface area (Å²) in [5.41, 5.74) is 11.7. The molecule has 6 heteroatoms. The van der Waals surface area contributed by atoms with Gasteiger partial charge < -0.3 is 11.5 Å². The van der Waals surface area contributed by atoms with E-state index in [1.165, 1.54) is 4.88 Å². The molecule has 1 saturated heterocycles. The molecule has 19 heavy (non-hydrogen) atoms. The zero-order chi connectivity index (χ0) is 14.0. The van der Waals surface area contributed by atoms with Crippen LogP contribution in [0.15, 0.2) is 15.9 Å². The molecule has 2 heterocycles. The molecule has 0 aliphatic carbocycles. The second-order valence-electron chi connectivity index (χ2n) is 5.10. The molecule has 1 amide bonds. The van der Waals surface area contributed by atoms with Crippen LogP contribution in [0.25, 0.3) is 0 Å². The van der Waals surface area contributed by atoms with E-state index < -0.39 is 0 Å². The quantitative estimate of drug-likeness (QED) is 0.878. The van der Waals surface area contributed by atoms with Crippen LogP contribution in [0.2, 0.25) is 0 Å². The van der Waals surface area contributed by atoms with Crippen molar-refractivity contribution in [3.8, 4) is 0 Å². The average Bonchev–Trinajstić information content (AvgIpc) is 2.76. The van der Waals surface area contributed by atoms with Crippen molar-refractivity contribution in [2.24, 2.45) is 11.5 Å². The van der Waals surface area contributed by atoms with Gasteiger partial charge >= 0.3 is 0 Å². The molecule has 0 radical (unpaired) electrons. The summed E-state index contributed by atoms with van der Waals surface area (Å²) < 4.78 is 1.08. The van der Waals surface area contributed by atoms with Crippen molar-refractivity contribution in [1.82, 2.24) is 4.90 Å². The lowest BCUT2D eigenvalue weighted by Gasteiger charge is -2.41. The third kappa shape index (κ3) is 3.37. The summed E-state index contributed by atoms with van der Waals surface area (Å²) >= 11 is 5.16. The molecular weight excluding hydrogens is 326 g/mol. The van der Waals surface area contributed by atoms with Gasteiger partial charge in [-0.1, -0.05) is 6.42 Å². The Balaban J connectivity index is 2.29. The van der Waals surface area contributed by atoms with E-state index in [0.717, 1.165) is 29.6 Å². The summed E-state index contributed by atoms with van der Waals surface area (Å²) in [6, 6.07) is 3.94. The molecule has 3 unspecified atom stereocenters. The van der Waals surface area contributed by atoms with Gasteiger partial charge in [-0.15, -0.1) is 11.3 Å². The lowest BCUT2D eigenvalue weighted by Crippen LogP contribution is -2.52. The topological polar surface area (TPSA) is 72.3 Å². The Morgan fingerprint density at radius 1 is 1.53 bits per heavy atom. The van der Waals surface area contributed by atoms with Gasteiger partial charge in [0.1, 0.15) is 0 Å². The zero-order valence-electron chi connectivity index (χ0n) is 11.0. The standard InChI is InChI=1S/C13H20BrN3OS/c1-8(15)12(10-5-6-11(14)19-10)17-7-3-2-4-9(17)13(16)18/h5-6,8-9,12H,2-4,7,15H2,1H3,(H2,16,18). The fourth-order valence-corrected chi connectivity index (χ4v) is 4.47. The Labute approximate surface area is 126 Å². The maximum atomic E-state index is 11.7. The molecule has 106 valence electrons. The van der Waals surface area contributed by atoms with Crippen LogP contribution in [0.3, 0.4) is 0 Å². The van der Waals surface area contributed by atoms with Gasteiger partial charge in [0, 0.05) is 10.9 Å². The minimum Gasteiger partial charge on any atom is -0.368 e. The van der Waals surface area contributed by atoms with E-state index in [-0.39, 0.29) is 24.0 Å². The second kappa shape index (κ2) is 6.35. The predicted molar refractivity (Wildman–Crippen MR) is 81.9 cm³/mol. The molecule has 0 saturated carbocycles. The Morgan fingerprint density at radius 3 is 2.79 bits per heavy atom. The second-order valence-corrected chi connectivity index (χ2v) is 7.59. The highest BCUT2D eigenvalue weighted by molar-refractivity contribution is 9.11. The van der Waals surface area contributed by atoms with E-state index in [1.54, 1.807) is 11.3 Å². The number of halogens is 1. The summed E-state index contributed by atoms with van der Waals surface area (Å²) in [7, 11) is 0. The molecule has 4 N–H and O–H groups in total. The molecule has 1 aliphatic heterocycles. The number of nitrogens with two attached hydrogens (primary N) is 2. The normalized spacial score (nSPS) is 24.1. The minimum absolute atomic E-state index is 0.0366. The van der Waals surface area contributed by atoms with Gasteiger partial charge in [-0.2, -0.15) is 0 Å². The van der Waals surface area contributed by atoms with Crippen molar-refractivity contribution in [2.45, 2.75) is 44.3 Å². The Kier molecular flexibility index (Phi) is 5.00. The fraction of sp³-hybridized carbons (Fsp3) is 0.615. The number of hydrogen-bond acceptors (Lipinski definition) is 4. The van der Waals surface area contributed by atoms with Crippen LogP contribution in [-0.2, 0) is 4.79 Å². The van der Waals surface area contributed by atoms with Crippen molar-refractivity contribution in [3.63, 3.8) is 0 Å². The Bertz CT molecular complexity index is 449. The van der Waals surface area contributed by atoms with Crippen LogP contribution in [0.1, 0.15) is 37.1 Å². The zero-order valence-corrected chi connectivity index (χ0v) is 13.4. The number of rotatable bonds is 4. The number of likely N-dealkylation sites (tertiary alicyclic amines) is 1. The summed E-state index contributed by atoms with van der Waals surface area (Å²) in [4.78, 5) is 15.0. The molecule has 2 rings (SSSR count). The van der Waals surface area contributed by atoms with Crippen LogP contribution < -0.4 is 11.5 Å². The van der Waals surface area contributed by atoms with E-state index in [9.17, 15) is 4.79 Å². The molecule has 1 aromatic heterocycles. The number of carbonyl (C=O) groups is 1. The molecule has 1 fully saturated rings. The molecule has 0 aromatic carbocycles. The van der Waals surface area contributed by atoms with Crippen LogP contribution in [0.5, 0.6) is 0 Å². The van der Waals surface area contributed by atoms with Crippen molar-refractivity contribution >= 4 is 33.2 Å². The van der Waals surface area contributed by atoms with E-state index >= 15 is 0 Å². The molecule has 0 spiro atoms. The monoisotopic (exact) mass is 345 g/mol. The van der Waals surface area contributed by atoms with E-state index in [1.807, 2.05) is 13.0 Å². The molecule has 1 aliphatic rings. The maximum absolute atomic E-state index is 11.7. The Morgan fingerprint density at radius 2 is 2.26 bits per heavy atom. The van der Waals surface area contributed by atoms with Crippen LogP contribution in [-0.4, -0.2) is 29.4 Å². The maximum Gasteiger partial charge on any atom is 0.234 e. The number of nitrogens with zero attached hydrogens (tertiary/aromatic N) is 1. The van der Waals surface area contributed by atoms with Gasteiger partial charge in [-0.25, -0.2) is 0 Å². The Hall–Kier alpha value is -0.430. The highest BCUT2D eigenvalue weighted by atomic mass is 79.9. The SMILES string of the molecule is CC(N)C(c1ccc(Br)s1)N1CCCCC1C(N)=O. The number of thiophene rings is 1. The predicted octanol–water partition coefficient (Wildman–Crippen LogP) is 2.24. The minimum atomic E-state index is -0.235. The van der Waals surface area contributed by atoms with E-state index in [4.69, 9.17) is 11.5 Å². The molecule has 0 bridgehead atoms. The van der Waals surface area contributed by atoms with Gasteiger partial charge in [0.15, 0.2) is 0 Å². The van der Waals surface area contributed by atoms with Gasteiger partial charge in [0.25, 0.3) is 0 Å². The summed E-state index contributed by atoms with van der Waals surface area (Å²) in [5.74, 6) is -0.235. The fourth-order valence-electron chi connectivity index (χ4n) is 2.80. The third-order valence-corrected chi connectivity index (χ3v) is 5.31. The van der Waals surface area contributed by atoms with E-state index in [0.29, 0.717) is 0 Å². The van der Waals surface area contributed by atoms with Gasteiger partial charge in [-0.05, 0) is 54.4 Å². The van der Waals surface area contributed by atoms with Crippen molar-refractivity contribution < 1.29 is 4.79 Å². The number of piperidine rings is 1. The highest BCUT2D eigenvalue weighted by Crippen LogP contribution is 2.35. The van der Waals surface area contributed by atoms with Crippen molar-refractivity contribution in [1.29, 1.82) is 0 Å². The van der Waals surface area contributed by atoms with Gasteiger partial charge in [-0.3, -0.25) is 9.69 Å². The van der Waals surface area contributed by atoms with Gasteiger partial charge in [0.05, 0.1) is 15.9 Å². The lowest BCUT2D eigenvalue weighted by molar-refractivity contribution is -0.125. The summed E-state index contributed by atoms with van der Waals surface area (Å²) in [6.07, 6.45) is 2.99. The first-order valence-electron chi connectivity index (χ1n) is 6.56. The first-order chi connectivity index (χ1) is 9.00. The van der Waals surface area contributed by atoms with Crippen LogP contribution >= 0.6 is 27.3 Å². The first kappa shape index (κ1) is 15.0. The number of primary amides is 1. The summed E-state index contributed by atoms with van der Waals surface area (Å²) in [6.45, 7) is 2.88. The lowest BCUT2D eigenvalue weighted by atomic mass is 9.96. The molecular formula is C13H20BrN3OS. The number of amides is 1. The molecule has 1 aromatic rings. The van der Waals surface area contributed by atoms with E-state index in [2.05, 4.69) is 26.9 Å². The first-order valence-corrected chi connectivity index (χ1v) is 8.17. The van der Waals surface area contributed by atoms with Gasteiger partial charge in [0.2, 0.25) is 5.91 Å². The highest BCUT2D eigenvalue weighted by Gasteiger charge is 2.35. The smallest absolute Gasteiger partial charge is 0.234 e. The molecule has 3 atom stereocenters. The van der Waals surface area contributed by atoms with Crippen LogP contribution in [0.4, 0.5) is 0 Å².